The van der Waals surface area contributed by atoms with Crippen molar-refractivity contribution < 1.29 is 14.1 Å². The minimum absolute atomic E-state index is 0.0842. The largest absolute Gasteiger partial charge is 0.490 e. The van der Waals surface area contributed by atoms with Gasteiger partial charge in [0, 0.05) is 16.7 Å². The molecule has 0 fully saturated rings. The number of anilines is 1. The topological polar surface area (TPSA) is 78.4 Å². The van der Waals surface area contributed by atoms with Crippen molar-refractivity contribution in [2.45, 2.75) is 10.6 Å². The van der Waals surface area contributed by atoms with Gasteiger partial charge in [-0.15, -0.1) is 11.8 Å². The Morgan fingerprint density at radius 1 is 1.33 bits per heavy atom. The first-order chi connectivity index (χ1) is 10.0. The molecule has 2 rings (SSSR count). The van der Waals surface area contributed by atoms with Crippen LogP contribution in [0.4, 0.5) is 15.8 Å². The van der Waals surface area contributed by atoms with Crippen molar-refractivity contribution in [1.82, 2.24) is 0 Å². The second-order valence-corrected chi connectivity index (χ2v) is 5.28. The van der Waals surface area contributed by atoms with Gasteiger partial charge in [0.05, 0.1) is 17.7 Å². The first-order valence-electron chi connectivity index (χ1n) is 6.00. The Balaban J connectivity index is 2.14. The van der Waals surface area contributed by atoms with E-state index in [2.05, 4.69) is 0 Å². The van der Waals surface area contributed by atoms with E-state index in [4.69, 9.17) is 10.5 Å². The number of nitro benzene ring substituents is 1. The molecule has 0 spiro atoms. The Bertz CT molecular complexity index is 679. The summed E-state index contributed by atoms with van der Waals surface area (Å²) in [6, 6.07) is 9.30. The molecule has 0 atom stereocenters. The maximum atomic E-state index is 13.3. The van der Waals surface area contributed by atoms with Gasteiger partial charge >= 0.3 is 5.69 Å². The number of nitro groups is 1. The average molecular weight is 308 g/mol. The molecule has 110 valence electrons. The second-order valence-electron chi connectivity index (χ2n) is 4.24. The highest BCUT2D eigenvalue weighted by Crippen LogP contribution is 2.31. The van der Waals surface area contributed by atoms with Crippen LogP contribution in [-0.2, 0) is 5.75 Å². The smallest absolute Gasteiger partial charge is 0.311 e. The molecule has 0 aliphatic carbocycles. The summed E-state index contributed by atoms with van der Waals surface area (Å²) < 4.78 is 18.3. The van der Waals surface area contributed by atoms with Gasteiger partial charge in [-0.25, -0.2) is 4.39 Å². The predicted octanol–water partition coefficient (Wildman–Crippen LogP) is 3.62. The number of thioether (sulfide) groups is 1. The molecule has 0 aliphatic rings. The van der Waals surface area contributed by atoms with Gasteiger partial charge in [-0.1, -0.05) is 6.07 Å². The van der Waals surface area contributed by atoms with E-state index >= 15 is 0 Å². The van der Waals surface area contributed by atoms with Crippen molar-refractivity contribution in [2.75, 3.05) is 12.8 Å². The van der Waals surface area contributed by atoms with Crippen LogP contribution < -0.4 is 10.5 Å². The van der Waals surface area contributed by atoms with Gasteiger partial charge in [-0.3, -0.25) is 10.1 Å². The quantitative estimate of drug-likeness (QED) is 0.395. The molecule has 5 nitrogen and oxygen atoms in total. The summed E-state index contributed by atoms with van der Waals surface area (Å²) in [5.74, 6) is 0.224. The standard InChI is InChI=1S/C14H13FN2O3S/c1-20-14-5-2-9(6-13(14)17(18)19)8-21-10-3-4-12(16)11(15)7-10/h2-7H,8,16H2,1H3. The molecular formula is C14H13FN2O3S. The molecule has 0 radical (unpaired) electrons. The second kappa shape index (κ2) is 6.45. The Hall–Kier alpha value is -2.28. The van der Waals surface area contributed by atoms with E-state index in [1.807, 2.05) is 0 Å². The van der Waals surface area contributed by atoms with Gasteiger partial charge in [0.15, 0.2) is 5.75 Å². The highest BCUT2D eigenvalue weighted by atomic mass is 32.2. The SMILES string of the molecule is COc1ccc(CSc2ccc(N)c(F)c2)cc1[N+](=O)[O-]. The van der Waals surface area contributed by atoms with E-state index < -0.39 is 10.7 Å². The van der Waals surface area contributed by atoms with E-state index in [0.29, 0.717) is 10.6 Å². The predicted molar refractivity (Wildman–Crippen MR) is 80.0 cm³/mol. The molecule has 2 aromatic carbocycles. The van der Waals surface area contributed by atoms with Crippen LogP contribution >= 0.6 is 11.8 Å². The first-order valence-corrected chi connectivity index (χ1v) is 6.99. The van der Waals surface area contributed by atoms with Crippen LogP contribution in [0.5, 0.6) is 5.75 Å². The minimum Gasteiger partial charge on any atom is -0.490 e. The molecule has 0 saturated carbocycles. The summed E-state index contributed by atoms with van der Waals surface area (Å²) in [6.45, 7) is 0. The van der Waals surface area contributed by atoms with Crippen molar-refractivity contribution >= 4 is 23.1 Å². The molecule has 0 unspecified atom stereocenters. The van der Waals surface area contributed by atoms with Crippen LogP contribution in [0.2, 0.25) is 0 Å². The van der Waals surface area contributed by atoms with Crippen LogP contribution in [0.1, 0.15) is 5.56 Å². The average Bonchev–Trinajstić information content (AvgIpc) is 2.48. The third-order valence-corrected chi connectivity index (χ3v) is 3.88. The summed E-state index contributed by atoms with van der Waals surface area (Å²) >= 11 is 1.37. The third kappa shape index (κ3) is 3.63. The van der Waals surface area contributed by atoms with Crippen molar-refractivity contribution in [2.24, 2.45) is 0 Å². The van der Waals surface area contributed by atoms with Gasteiger partial charge in [0.2, 0.25) is 0 Å². The normalized spacial score (nSPS) is 10.4. The third-order valence-electron chi connectivity index (χ3n) is 2.82. The molecule has 21 heavy (non-hydrogen) atoms. The number of methoxy groups -OCH3 is 1. The molecule has 0 aromatic heterocycles. The summed E-state index contributed by atoms with van der Waals surface area (Å²) in [6.07, 6.45) is 0. The van der Waals surface area contributed by atoms with Crippen LogP contribution in [0.25, 0.3) is 0 Å². The van der Waals surface area contributed by atoms with Crippen molar-refractivity contribution in [3.05, 3.63) is 57.9 Å². The maximum Gasteiger partial charge on any atom is 0.311 e. The van der Waals surface area contributed by atoms with Crippen LogP contribution in [0.3, 0.4) is 0 Å². The number of nitrogens with zero attached hydrogens (tertiary/aromatic N) is 1. The zero-order chi connectivity index (χ0) is 15.4. The molecule has 2 N–H and O–H groups in total. The molecule has 7 heteroatoms. The van der Waals surface area contributed by atoms with Gasteiger partial charge < -0.3 is 10.5 Å². The summed E-state index contributed by atoms with van der Waals surface area (Å²) in [4.78, 5) is 11.2. The molecular weight excluding hydrogens is 295 g/mol. The van der Waals surface area contributed by atoms with E-state index in [1.165, 1.54) is 37.1 Å². The fourth-order valence-electron chi connectivity index (χ4n) is 1.73. The zero-order valence-corrected chi connectivity index (χ0v) is 12.0. The van der Waals surface area contributed by atoms with Crippen molar-refractivity contribution in [3.63, 3.8) is 0 Å². The van der Waals surface area contributed by atoms with E-state index in [0.717, 1.165) is 5.56 Å². The van der Waals surface area contributed by atoms with E-state index in [-0.39, 0.29) is 17.1 Å². The van der Waals surface area contributed by atoms with E-state index in [1.54, 1.807) is 18.2 Å². The maximum absolute atomic E-state index is 13.3. The molecule has 0 bridgehead atoms. The molecule has 2 aromatic rings. The Kier molecular flexibility index (Phi) is 4.64. The fourth-order valence-corrected chi connectivity index (χ4v) is 2.60. The van der Waals surface area contributed by atoms with Crippen molar-refractivity contribution in [3.8, 4) is 5.75 Å². The van der Waals surface area contributed by atoms with Crippen LogP contribution in [-0.4, -0.2) is 12.0 Å². The number of halogens is 1. The van der Waals surface area contributed by atoms with Gasteiger partial charge in [-0.2, -0.15) is 0 Å². The zero-order valence-electron chi connectivity index (χ0n) is 11.2. The van der Waals surface area contributed by atoms with Crippen LogP contribution in [0, 0.1) is 15.9 Å². The molecule has 0 heterocycles. The fraction of sp³-hybridized carbons (Fsp3) is 0.143. The number of benzene rings is 2. The summed E-state index contributed by atoms with van der Waals surface area (Å²) in [7, 11) is 1.38. The molecule has 0 aliphatic heterocycles. The number of hydrogen-bond donors (Lipinski definition) is 1. The highest BCUT2D eigenvalue weighted by molar-refractivity contribution is 7.98. The first kappa shape index (κ1) is 15.1. The molecule has 0 saturated heterocycles. The molecule has 0 amide bonds. The van der Waals surface area contributed by atoms with Gasteiger partial charge in [-0.05, 0) is 29.8 Å². The number of hydrogen-bond acceptors (Lipinski definition) is 5. The lowest BCUT2D eigenvalue weighted by atomic mass is 10.2. The lowest BCUT2D eigenvalue weighted by Crippen LogP contribution is -1.95. The van der Waals surface area contributed by atoms with Gasteiger partial charge in [0.25, 0.3) is 0 Å². The lowest BCUT2D eigenvalue weighted by molar-refractivity contribution is -0.385. The number of nitrogen functional groups attached to an aromatic ring is 1. The number of ether oxygens (including phenoxy) is 1. The van der Waals surface area contributed by atoms with Gasteiger partial charge in [0.1, 0.15) is 5.82 Å². The Morgan fingerprint density at radius 2 is 2.10 bits per heavy atom. The lowest BCUT2D eigenvalue weighted by Gasteiger charge is -2.06. The van der Waals surface area contributed by atoms with E-state index in [9.17, 15) is 14.5 Å². The summed E-state index contributed by atoms with van der Waals surface area (Å²) in [5, 5.41) is 10.9. The minimum atomic E-state index is -0.490. The Labute approximate surface area is 125 Å². The highest BCUT2D eigenvalue weighted by Gasteiger charge is 2.15. The van der Waals surface area contributed by atoms with Crippen LogP contribution in [0.15, 0.2) is 41.3 Å². The number of rotatable bonds is 5. The Morgan fingerprint density at radius 3 is 2.71 bits per heavy atom. The number of nitrogens with two attached hydrogens (primary N) is 1. The van der Waals surface area contributed by atoms with Crippen molar-refractivity contribution in [1.29, 1.82) is 0 Å². The summed E-state index contributed by atoms with van der Waals surface area (Å²) in [5.41, 5.74) is 6.17. The monoisotopic (exact) mass is 308 g/mol.